The molecule has 0 radical (unpaired) electrons. The van der Waals surface area contributed by atoms with Gasteiger partial charge in [0.2, 0.25) is 0 Å². The van der Waals surface area contributed by atoms with Gasteiger partial charge in [-0.3, -0.25) is 0 Å². The molecule has 0 heterocycles. The van der Waals surface area contributed by atoms with Crippen molar-refractivity contribution < 1.29 is 10.2 Å². The fraction of sp³-hybridized carbons (Fsp3) is 0. The Kier molecular flexibility index (Phi) is 1.77. The number of phenolic OH excluding ortho intramolecular Hbond substituents is 2. The summed E-state index contributed by atoms with van der Waals surface area (Å²) in [6.45, 7) is 0. The number of fused-ring (bicyclic) bond motifs is 3. The van der Waals surface area contributed by atoms with Crippen LogP contribution in [0.2, 0.25) is 0 Å². The van der Waals surface area contributed by atoms with Gasteiger partial charge in [0.05, 0.1) is 0 Å². The van der Waals surface area contributed by atoms with Crippen LogP contribution in [0.3, 0.4) is 0 Å². The lowest BCUT2D eigenvalue weighted by atomic mass is 10.0. The van der Waals surface area contributed by atoms with Gasteiger partial charge in [0.25, 0.3) is 0 Å². The quantitative estimate of drug-likeness (QED) is 0.441. The Labute approximate surface area is 92.4 Å². The van der Waals surface area contributed by atoms with E-state index >= 15 is 0 Å². The molecule has 0 aliphatic rings. The molecule has 0 amide bonds. The average molecular weight is 210 g/mol. The molecule has 0 aliphatic heterocycles. The molecule has 0 spiro atoms. The van der Waals surface area contributed by atoms with Crippen molar-refractivity contribution in [2.45, 2.75) is 0 Å². The summed E-state index contributed by atoms with van der Waals surface area (Å²) in [5.74, 6) is -0.133. The van der Waals surface area contributed by atoms with Crippen LogP contribution in [0.5, 0.6) is 11.5 Å². The molecule has 0 unspecified atom stereocenters. The first-order chi connectivity index (χ1) is 7.77. The Bertz CT molecular complexity index is 687. The lowest BCUT2D eigenvalue weighted by Gasteiger charge is -2.06. The predicted octanol–water partition coefficient (Wildman–Crippen LogP) is 3.40. The fourth-order valence-electron chi connectivity index (χ4n) is 2.06. The van der Waals surface area contributed by atoms with Crippen molar-refractivity contribution in [3.8, 4) is 11.5 Å². The first-order valence-corrected chi connectivity index (χ1v) is 5.10. The molecule has 0 bridgehead atoms. The molecule has 3 aromatic rings. The van der Waals surface area contributed by atoms with E-state index in [4.69, 9.17) is 0 Å². The maximum Gasteiger partial charge on any atom is 0.165 e. The molecule has 0 aromatic heterocycles. The summed E-state index contributed by atoms with van der Waals surface area (Å²) in [7, 11) is 0. The number of aromatic hydroxyl groups is 2. The summed E-state index contributed by atoms with van der Waals surface area (Å²) in [4.78, 5) is 0. The minimum absolute atomic E-state index is 0.0525. The Hall–Kier alpha value is -2.22. The number of hydrogen-bond donors (Lipinski definition) is 2. The molecule has 0 fully saturated rings. The summed E-state index contributed by atoms with van der Waals surface area (Å²) in [6, 6.07) is 15.1. The minimum atomic E-state index is -0.0808. The van der Waals surface area contributed by atoms with Gasteiger partial charge in [-0.25, -0.2) is 0 Å². The minimum Gasteiger partial charge on any atom is -0.504 e. The molecule has 0 aliphatic carbocycles. The highest BCUT2D eigenvalue weighted by Gasteiger charge is 2.07. The number of benzene rings is 3. The van der Waals surface area contributed by atoms with E-state index < -0.39 is 0 Å². The second-order valence-corrected chi connectivity index (χ2v) is 3.82. The summed E-state index contributed by atoms with van der Waals surface area (Å²) in [5.41, 5.74) is 0. The molecule has 2 nitrogen and oxygen atoms in total. The lowest BCUT2D eigenvalue weighted by molar-refractivity contribution is 0.408. The molecule has 2 N–H and O–H groups in total. The zero-order valence-corrected chi connectivity index (χ0v) is 8.51. The van der Waals surface area contributed by atoms with Crippen LogP contribution in [0.25, 0.3) is 21.5 Å². The monoisotopic (exact) mass is 210 g/mol. The third kappa shape index (κ3) is 1.13. The summed E-state index contributed by atoms with van der Waals surface area (Å²) < 4.78 is 0. The lowest BCUT2D eigenvalue weighted by Crippen LogP contribution is -1.78. The summed E-state index contributed by atoms with van der Waals surface area (Å²) in [5, 5.41) is 23.0. The number of rotatable bonds is 0. The van der Waals surface area contributed by atoms with E-state index in [1.807, 2.05) is 42.5 Å². The predicted molar refractivity (Wildman–Crippen MR) is 64.8 cm³/mol. The van der Waals surface area contributed by atoms with Crippen LogP contribution >= 0.6 is 0 Å². The van der Waals surface area contributed by atoms with Crippen molar-refractivity contribution in [3.63, 3.8) is 0 Å². The Morgan fingerprint density at radius 1 is 0.625 bits per heavy atom. The van der Waals surface area contributed by atoms with E-state index in [1.54, 1.807) is 0 Å². The van der Waals surface area contributed by atoms with E-state index in [0.717, 1.165) is 16.2 Å². The number of hydrogen-bond acceptors (Lipinski definition) is 2. The van der Waals surface area contributed by atoms with E-state index in [2.05, 4.69) is 0 Å². The van der Waals surface area contributed by atoms with Crippen molar-refractivity contribution >= 4 is 21.5 Å². The maximum atomic E-state index is 9.77. The SMILES string of the molecule is Oc1ccc2c(ccc3ccccc32)c1O. The Balaban J connectivity index is 2.58. The Morgan fingerprint density at radius 3 is 2.25 bits per heavy atom. The molecule has 3 aromatic carbocycles. The third-order valence-electron chi connectivity index (χ3n) is 2.88. The van der Waals surface area contributed by atoms with Crippen molar-refractivity contribution in [1.29, 1.82) is 0 Å². The van der Waals surface area contributed by atoms with Gasteiger partial charge in [-0.15, -0.1) is 0 Å². The van der Waals surface area contributed by atoms with Crippen LogP contribution in [-0.2, 0) is 0 Å². The van der Waals surface area contributed by atoms with Crippen molar-refractivity contribution in [3.05, 3.63) is 48.5 Å². The normalized spacial score (nSPS) is 11.0. The smallest absolute Gasteiger partial charge is 0.165 e. The highest BCUT2D eigenvalue weighted by Crippen LogP contribution is 2.36. The first-order valence-electron chi connectivity index (χ1n) is 5.10. The zero-order valence-electron chi connectivity index (χ0n) is 8.51. The molecule has 78 valence electrons. The standard InChI is InChI=1S/C14H10O2/c15-13-8-7-11-10-4-2-1-3-9(10)5-6-12(11)14(13)16/h1-8,15-16H. The van der Waals surface area contributed by atoms with E-state index in [1.165, 1.54) is 6.07 Å². The molecular weight excluding hydrogens is 200 g/mol. The molecule has 3 rings (SSSR count). The highest BCUT2D eigenvalue weighted by molar-refractivity contribution is 6.09. The van der Waals surface area contributed by atoms with Gasteiger partial charge in [0.15, 0.2) is 11.5 Å². The van der Waals surface area contributed by atoms with Crippen molar-refractivity contribution in [2.75, 3.05) is 0 Å². The van der Waals surface area contributed by atoms with Crippen molar-refractivity contribution in [1.82, 2.24) is 0 Å². The largest absolute Gasteiger partial charge is 0.504 e. The highest BCUT2D eigenvalue weighted by atomic mass is 16.3. The van der Waals surface area contributed by atoms with Gasteiger partial charge in [0.1, 0.15) is 0 Å². The van der Waals surface area contributed by atoms with E-state index in [-0.39, 0.29) is 11.5 Å². The molecule has 0 saturated heterocycles. The third-order valence-corrected chi connectivity index (χ3v) is 2.88. The summed E-state index contributed by atoms with van der Waals surface area (Å²) in [6.07, 6.45) is 0. The molecule has 0 saturated carbocycles. The maximum absolute atomic E-state index is 9.77. The fourth-order valence-corrected chi connectivity index (χ4v) is 2.06. The van der Waals surface area contributed by atoms with Gasteiger partial charge < -0.3 is 10.2 Å². The van der Waals surface area contributed by atoms with Crippen LogP contribution in [0.1, 0.15) is 0 Å². The van der Waals surface area contributed by atoms with Gasteiger partial charge in [-0.1, -0.05) is 30.3 Å². The van der Waals surface area contributed by atoms with Crippen LogP contribution in [0.4, 0.5) is 0 Å². The molecule has 16 heavy (non-hydrogen) atoms. The van der Waals surface area contributed by atoms with Crippen LogP contribution in [-0.4, -0.2) is 10.2 Å². The van der Waals surface area contributed by atoms with E-state index in [0.29, 0.717) is 5.39 Å². The zero-order chi connectivity index (χ0) is 11.1. The average Bonchev–Trinajstić information content (AvgIpc) is 2.33. The van der Waals surface area contributed by atoms with Crippen LogP contribution in [0, 0.1) is 0 Å². The van der Waals surface area contributed by atoms with Gasteiger partial charge in [0, 0.05) is 5.39 Å². The second-order valence-electron chi connectivity index (χ2n) is 3.82. The van der Waals surface area contributed by atoms with Gasteiger partial charge in [-0.05, 0) is 34.4 Å². The topological polar surface area (TPSA) is 40.5 Å². The molecule has 2 heteroatoms. The van der Waals surface area contributed by atoms with E-state index in [9.17, 15) is 10.2 Å². The molecule has 0 atom stereocenters. The van der Waals surface area contributed by atoms with Crippen molar-refractivity contribution in [2.24, 2.45) is 0 Å². The molecular formula is C14H10O2. The van der Waals surface area contributed by atoms with Crippen LogP contribution < -0.4 is 0 Å². The Morgan fingerprint density at radius 2 is 1.38 bits per heavy atom. The number of phenols is 2. The van der Waals surface area contributed by atoms with Crippen LogP contribution in [0.15, 0.2) is 48.5 Å². The van der Waals surface area contributed by atoms with Gasteiger partial charge >= 0.3 is 0 Å². The summed E-state index contributed by atoms with van der Waals surface area (Å²) >= 11 is 0. The van der Waals surface area contributed by atoms with Gasteiger partial charge in [-0.2, -0.15) is 0 Å². The first kappa shape index (κ1) is 9.04. The second kappa shape index (κ2) is 3.14.